The Morgan fingerprint density at radius 3 is 2.84 bits per heavy atom. The fourth-order valence-electron chi connectivity index (χ4n) is 4.12. The molecule has 0 fully saturated rings. The minimum atomic E-state index is -0.423. The number of hydrogen-bond acceptors (Lipinski definition) is 7. The van der Waals surface area contributed by atoms with Gasteiger partial charge in [-0.2, -0.15) is 0 Å². The summed E-state index contributed by atoms with van der Waals surface area (Å²) in [5, 5.41) is 9.30. The summed E-state index contributed by atoms with van der Waals surface area (Å²) < 4.78 is 11.0. The third kappa shape index (κ3) is 3.70. The first-order chi connectivity index (χ1) is 15.0. The monoisotopic (exact) mass is 454 g/mol. The van der Waals surface area contributed by atoms with Crippen LogP contribution in [-0.2, 0) is 12.8 Å². The zero-order valence-electron chi connectivity index (χ0n) is 17.2. The molecule has 8 heteroatoms. The van der Waals surface area contributed by atoms with Crippen molar-refractivity contribution in [2.45, 2.75) is 32.4 Å². The maximum Gasteiger partial charge on any atom is 0.353 e. The van der Waals surface area contributed by atoms with Crippen LogP contribution in [0.25, 0.3) is 0 Å². The third-order valence-electron chi connectivity index (χ3n) is 5.74. The summed E-state index contributed by atoms with van der Waals surface area (Å²) in [7, 11) is 1.53. The second kappa shape index (κ2) is 8.01. The Morgan fingerprint density at radius 1 is 1.19 bits per heavy atom. The van der Waals surface area contributed by atoms with E-state index in [4.69, 9.17) is 9.47 Å². The van der Waals surface area contributed by atoms with Gasteiger partial charge in [-0.25, -0.2) is 4.79 Å². The van der Waals surface area contributed by atoms with E-state index in [9.17, 15) is 9.59 Å². The number of carbonyl (C=O) groups excluding carboxylic acids is 2. The molecule has 1 amide bonds. The summed E-state index contributed by atoms with van der Waals surface area (Å²) in [6.07, 6.45) is 2.73. The standard InChI is InChI=1S/C23H22N2O4S2/c1-12-5-7-14-18(10-12)31-22-19(14)21(26)24-20(25-22)13-6-8-15(16(11-13)28-2)29-23(27)17-4-3-9-30-17/h3-4,6,8-9,11-12,20,25H,5,7,10H2,1-2H3,(H,24,26). The molecule has 31 heavy (non-hydrogen) atoms. The van der Waals surface area contributed by atoms with Gasteiger partial charge in [-0.05, 0) is 59.9 Å². The number of nitrogens with one attached hydrogen (secondary N) is 2. The molecule has 1 aromatic carbocycles. The quantitative estimate of drug-likeness (QED) is 0.428. The van der Waals surface area contributed by atoms with Gasteiger partial charge in [-0.1, -0.05) is 19.1 Å². The number of hydrogen-bond donors (Lipinski definition) is 2. The van der Waals surface area contributed by atoms with Crippen LogP contribution < -0.4 is 20.1 Å². The maximum atomic E-state index is 12.9. The van der Waals surface area contributed by atoms with Gasteiger partial charge in [0.05, 0.1) is 12.7 Å². The molecule has 0 saturated carbocycles. The van der Waals surface area contributed by atoms with Gasteiger partial charge in [0.2, 0.25) is 0 Å². The van der Waals surface area contributed by atoms with Gasteiger partial charge in [0, 0.05) is 4.88 Å². The molecule has 2 N–H and O–H groups in total. The Morgan fingerprint density at radius 2 is 2.06 bits per heavy atom. The van der Waals surface area contributed by atoms with Gasteiger partial charge in [0.25, 0.3) is 5.91 Å². The maximum absolute atomic E-state index is 12.9. The molecule has 3 aromatic rings. The Bertz CT molecular complexity index is 1150. The van der Waals surface area contributed by atoms with Gasteiger partial charge in [-0.3, -0.25) is 4.79 Å². The molecule has 6 nitrogen and oxygen atoms in total. The predicted octanol–water partition coefficient (Wildman–Crippen LogP) is 5.02. The van der Waals surface area contributed by atoms with Crippen molar-refractivity contribution < 1.29 is 19.1 Å². The molecule has 1 aliphatic heterocycles. The van der Waals surface area contributed by atoms with Crippen molar-refractivity contribution in [3.63, 3.8) is 0 Å². The lowest BCUT2D eigenvalue weighted by atomic mass is 9.88. The van der Waals surface area contributed by atoms with Crippen molar-refractivity contribution in [3.8, 4) is 11.5 Å². The van der Waals surface area contributed by atoms with Crippen molar-refractivity contribution in [2.24, 2.45) is 5.92 Å². The molecule has 0 spiro atoms. The summed E-state index contributed by atoms with van der Waals surface area (Å²) >= 11 is 3.02. The number of esters is 1. The average molecular weight is 455 g/mol. The van der Waals surface area contributed by atoms with Crippen LogP contribution in [0.2, 0.25) is 0 Å². The van der Waals surface area contributed by atoms with Gasteiger partial charge < -0.3 is 20.1 Å². The lowest BCUT2D eigenvalue weighted by Crippen LogP contribution is -2.38. The first kappa shape index (κ1) is 20.1. The van der Waals surface area contributed by atoms with Gasteiger partial charge in [0.1, 0.15) is 16.0 Å². The van der Waals surface area contributed by atoms with E-state index in [0.29, 0.717) is 22.3 Å². The molecule has 0 saturated heterocycles. The minimum Gasteiger partial charge on any atom is -0.493 e. The molecular formula is C23H22N2O4S2. The topological polar surface area (TPSA) is 76.7 Å². The van der Waals surface area contributed by atoms with Crippen LogP contribution in [-0.4, -0.2) is 19.0 Å². The predicted molar refractivity (Wildman–Crippen MR) is 122 cm³/mol. The molecule has 3 heterocycles. The second-order valence-corrected chi connectivity index (χ2v) is 9.94. The smallest absolute Gasteiger partial charge is 0.353 e. The lowest BCUT2D eigenvalue weighted by Gasteiger charge is -2.27. The summed E-state index contributed by atoms with van der Waals surface area (Å²) in [5.41, 5.74) is 2.83. The van der Waals surface area contributed by atoms with Crippen molar-refractivity contribution in [1.82, 2.24) is 5.32 Å². The van der Waals surface area contributed by atoms with E-state index in [1.807, 2.05) is 11.4 Å². The molecule has 2 unspecified atom stereocenters. The van der Waals surface area contributed by atoms with E-state index in [0.717, 1.165) is 35.4 Å². The Hall–Kier alpha value is -2.84. The number of ether oxygens (including phenoxy) is 2. The number of methoxy groups -OCH3 is 1. The SMILES string of the molecule is COc1cc(C2NC(=O)c3c(sc4c3CCC(C)C4)N2)ccc1OC(=O)c1cccs1. The summed E-state index contributed by atoms with van der Waals surface area (Å²) in [6, 6.07) is 8.84. The first-order valence-electron chi connectivity index (χ1n) is 10.2. The van der Waals surface area contributed by atoms with Crippen LogP contribution in [0.15, 0.2) is 35.7 Å². The number of benzene rings is 1. The highest BCUT2D eigenvalue weighted by Crippen LogP contribution is 2.43. The molecular weight excluding hydrogens is 432 g/mol. The van der Waals surface area contributed by atoms with Crippen molar-refractivity contribution in [3.05, 3.63) is 62.2 Å². The fraction of sp³-hybridized carbons (Fsp3) is 0.304. The second-order valence-electron chi connectivity index (χ2n) is 7.88. The Kier molecular flexibility index (Phi) is 5.19. The number of carbonyl (C=O) groups is 2. The average Bonchev–Trinajstić information content (AvgIpc) is 3.41. The first-order valence-corrected chi connectivity index (χ1v) is 11.9. The highest BCUT2D eigenvalue weighted by atomic mass is 32.1. The van der Waals surface area contributed by atoms with E-state index < -0.39 is 5.97 Å². The van der Waals surface area contributed by atoms with Crippen molar-refractivity contribution in [1.29, 1.82) is 0 Å². The largest absolute Gasteiger partial charge is 0.493 e. The zero-order chi connectivity index (χ0) is 21.5. The van der Waals surface area contributed by atoms with Crippen LogP contribution in [0.5, 0.6) is 11.5 Å². The Balaban J connectivity index is 1.40. The van der Waals surface area contributed by atoms with Crippen molar-refractivity contribution in [2.75, 3.05) is 12.4 Å². The van der Waals surface area contributed by atoms with Gasteiger partial charge >= 0.3 is 5.97 Å². The normalized spacial score (nSPS) is 19.6. The fourth-order valence-corrected chi connectivity index (χ4v) is 6.16. The molecule has 5 rings (SSSR count). The number of rotatable bonds is 4. The number of fused-ring (bicyclic) bond motifs is 3. The zero-order valence-corrected chi connectivity index (χ0v) is 18.8. The molecule has 0 radical (unpaired) electrons. The number of amides is 1. The van der Waals surface area contributed by atoms with Crippen LogP contribution in [0.4, 0.5) is 5.00 Å². The number of thiophene rings is 2. The molecule has 1 aliphatic carbocycles. The molecule has 160 valence electrons. The lowest BCUT2D eigenvalue weighted by molar-refractivity contribution is 0.0734. The van der Waals surface area contributed by atoms with Crippen LogP contribution in [0, 0.1) is 5.92 Å². The summed E-state index contributed by atoms with van der Waals surface area (Å²) in [5.74, 6) is 0.961. The van der Waals surface area contributed by atoms with Gasteiger partial charge in [-0.15, -0.1) is 22.7 Å². The highest BCUT2D eigenvalue weighted by molar-refractivity contribution is 7.16. The minimum absolute atomic E-state index is 0.0435. The van der Waals surface area contributed by atoms with E-state index in [2.05, 4.69) is 17.6 Å². The molecule has 2 atom stereocenters. The third-order valence-corrected chi connectivity index (χ3v) is 7.77. The summed E-state index contributed by atoms with van der Waals surface area (Å²) in [6.45, 7) is 2.26. The van der Waals surface area contributed by atoms with E-state index in [1.165, 1.54) is 28.9 Å². The molecule has 2 aromatic heterocycles. The van der Waals surface area contributed by atoms with E-state index in [1.54, 1.807) is 35.6 Å². The number of anilines is 1. The summed E-state index contributed by atoms with van der Waals surface area (Å²) in [4.78, 5) is 27.1. The van der Waals surface area contributed by atoms with Crippen molar-refractivity contribution >= 4 is 39.6 Å². The van der Waals surface area contributed by atoms with E-state index in [-0.39, 0.29) is 12.1 Å². The van der Waals surface area contributed by atoms with E-state index >= 15 is 0 Å². The Labute approximate surface area is 188 Å². The van der Waals surface area contributed by atoms with Crippen LogP contribution >= 0.6 is 22.7 Å². The van der Waals surface area contributed by atoms with Crippen LogP contribution in [0.1, 0.15) is 55.5 Å². The molecule has 2 aliphatic rings. The van der Waals surface area contributed by atoms with Gasteiger partial charge in [0.15, 0.2) is 11.5 Å². The van der Waals surface area contributed by atoms with Crippen LogP contribution in [0.3, 0.4) is 0 Å². The highest BCUT2D eigenvalue weighted by Gasteiger charge is 2.33. The molecule has 0 bridgehead atoms.